The summed E-state index contributed by atoms with van der Waals surface area (Å²) in [6, 6.07) is 19.0. The molecule has 2 heterocycles. The first-order valence-electron chi connectivity index (χ1n) is 12.4. The molecule has 0 spiro atoms. The molecule has 0 aromatic heterocycles. The fourth-order valence-electron chi connectivity index (χ4n) is 4.82. The van der Waals surface area contributed by atoms with E-state index in [9.17, 15) is 19.7 Å². The number of nitrogens with zero attached hydrogens (tertiary/aromatic N) is 2. The summed E-state index contributed by atoms with van der Waals surface area (Å²) in [5, 5.41) is 16.7. The van der Waals surface area contributed by atoms with Gasteiger partial charge in [-0.1, -0.05) is 24.3 Å². The Hall–Kier alpha value is -4.24. The maximum atomic E-state index is 13.3. The number of nitro groups is 1. The average molecular weight is 501 g/mol. The van der Waals surface area contributed by atoms with Gasteiger partial charge in [0, 0.05) is 55.3 Å². The lowest BCUT2D eigenvalue weighted by Gasteiger charge is -2.32. The Morgan fingerprint density at radius 2 is 1.81 bits per heavy atom. The molecule has 2 aliphatic heterocycles. The first-order chi connectivity index (χ1) is 18.0. The molecule has 0 radical (unpaired) electrons. The summed E-state index contributed by atoms with van der Waals surface area (Å²) < 4.78 is 5.65. The molecule has 0 aliphatic carbocycles. The molecule has 37 heavy (non-hydrogen) atoms. The van der Waals surface area contributed by atoms with E-state index < -0.39 is 10.8 Å². The van der Waals surface area contributed by atoms with E-state index in [1.54, 1.807) is 12.1 Å². The van der Waals surface area contributed by atoms with Crippen molar-refractivity contribution in [3.63, 3.8) is 0 Å². The summed E-state index contributed by atoms with van der Waals surface area (Å²) in [7, 11) is 0. The van der Waals surface area contributed by atoms with Crippen molar-refractivity contribution >= 4 is 28.9 Å². The molecule has 9 heteroatoms. The highest BCUT2D eigenvalue weighted by Crippen LogP contribution is 2.30. The molecule has 1 atom stereocenters. The zero-order valence-electron chi connectivity index (χ0n) is 20.3. The number of rotatable bonds is 7. The van der Waals surface area contributed by atoms with E-state index in [1.165, 1.54) is 35.4 Å². The largest absolute Gasteiger partial charge is 0.376 e. The number of ether oxygens (including phenoxy) is 1. The zero-order chi connectivity index (χ0) is 25.8. The summed E-state index contributed by atoms with van der Waals surface area (Å²) in [5.41, 5.74) is 4.48. The number of amides is 2. The highest BCUT2D eigenvalue weighted by molar-refractivity contribution is 6.06. The first-order valence-corrected chi connectivity index (χ1v) is 12.4. The van der Waals surface area contributed by atoms with E-state index in [0.717, 1.165) is 31.5 Å². The number of carbonyl (C=O) groups excluding carboxylic acids is 2. The molecule has 1 fully saturated rings. The number of fused-ring (bicyclic) bond motifs is 1. The molecule has 3 aromatic rings. The van der Waals surface area contributed by atoms with Gasteiger partial charge >= 0.3 is 0 Å². The quantitative estimate of drug-likeness (QED) is 0.369. The minimum atomic E-state index is -0.513. The molecule has 1 saturated heterocycles. The van der Waals surface area contributed by atoms with Crippen molar-refractivity contribution in [2.24, 2.45) is 0 Å². The number of nitrogens with one attached hydrogen (secondary N) is 2. The molecule has 9 nitrogen and oxygen atoms in total. The van der Waals surface area contributed by atoms with Crippen molar-refractivity contribution in [3.8, 4) is 0 Å². The van der Waals surface area contributed by atoms with E-state index in [1.807, 2.05) is 18.2 Å². The van der Waals surface area contributed by atoms with E-state index in [4.69, 9.17) is 4.74 Å². The minimum absolute atomic E-state index is 0.0132. The van der Waals surface area contributed by atoms with Crippen LogP contribution in [0.4, 0.5) is 17.1 Å². The Morgan fingerprint density at radius 3 is 2.54 bits per heavy atom. The second kappa shape index (κ2) is 10.8. The van der Waals surface area contributed by atoms with Crippen LogP contribution in [0.3, 0.4) is 0 Å². The Balaban J connectivity index is 1.38. The lowest BCUT2D eigenvalue weighted by molar-refractivity contribution is -0.384. The number of non-ortho nitro benzene ring substituents is 1. The monoisotopic (exact) mass is 500 g/mol. The molecule has 2 aliphatic rings. The molecule has 0 saturated carbocycles. The van der Waals surface area contributed by atoms with Crippen molar-refractivity contribution in [1.82, 2.24) is 5.32 Å². The minimum Gasteiger partial charge on any atom is -0.376 e. The van der Waals surface area contributed by atoms with Crippen LogP contribution in [-0.4, -0.2) is 42.5 Å². The van der Waals surface area contributed by atoms with Crippen molar-refractivity contribution in [2.45, 2.75) is 31.9 Å². The highest BCUT2D eigenvalue weighted by Gasteiger charge is 2.23. The van der Waals surface area contributed by atoms with Crippen molar-refractivity contribution in [1.29, 1.82) is 0 Å². The molecule has 0 bridgehead atoms. The SMILES string of the molecule is O=C(Nc1ccc(N2CCc3ccccc3C2)c(C(=O)NCC2CCCO2)c1)c1ccc([N+](=O)[O-])cc1. The fraction of sp³-hybridized carbons (Fsp3) is 0.286. The van der Waals surface area contributed by atoms with Gasteiger partial charge < -0.3 is 20.3 Å². The molecule has 190 valence electrons. The van der Waals surface area contributed by atoms with Crippen molar-refractivity contribution in [3.05, 3.63) is 99.1 Å². The maximum absolute atomic E-state index is 13.3. The van der Waals surface area contributed by atoms with Gasteiger partial charge in [0.25, 0.3) is 17.5 Å². The smallest absolute Gasteiger partial charge is 0.269 e. The van der Waals surface area contributed by atoms with Gasteiger partial charge in [-0.3, -0.25) is 19.7 Å². The first kappa shape index (κ1) is 24.5. The molecular formula is C28H28N4O5. The van der Waals surface area contributed by atoms with Crippen LogP contribution in [0, 0.1) is 10.1 Å². The Kier molecular flexibility index (Phi) is 7.14. The van der Waals surface area contributed by atoms with E-state index in [2.05, 4.69) is 27.7 Å². The third kappa shape index (κ3) is 5.62. The topological polar surface area (TPSA) is 114 Å². The predicted octanol–water partition coefficient (Wildman–Crippen LogP) is 4.32. The second-order valence-corrected chi connectivity index (χ2v) is 9.28. The van der Waals surface area contributed by atoms with Gasteiger partial charge in [0.05, 0.1) is 16.6 Å². The third-order valence-corrected chi connectivity index (χ3v) is 6.82. The van der Waals surface area contributed by atoms with Crippen molar-refractivity contribution < 1.29 is 19.2 Å². The second-order valence-electron chi connectivity index (χ2n) is 9.28. The van der Waals surface area contributed by atoms with E-state index in [-0.39, 0.29) is 23.3 Å². The van der Waals surface area contributed by atoms with Gasteiger partial charge in [-0.05, 0) is 60.7 Å². The van der Waals surface area contributed by atoms with Gasteiger partial charge in [-0.15, -0.1) is 0 Å². The summed E-state index contributed by atoms with van der Waals surface area (Å²) in [6.07, 6.45) is 2.80. The van der Waals surface area contributed by atoms with Gasteiger partial charge in [0.1, 0.15) is 0 Å². The summed E-state index contributed by atoms with van der Waals surface area (Å²) in [5.74, 6) is -0.643. The number of hydrogen-bond donors (Lipinski definition) is 2. The number of anilines is 2. The van der Waals surface area contributed by atoms with E-state index >= 15 is 0 Å². The average Bonchev–Trinajstić information content (AvgIpc) is 3.45. The Bertz CT molecular complexity index is 1320. The van der Waals surface area contributed by atoms with Crippen LogP contribution < -0.4 is 15.5 Å². The highest BCUT2D eigenvalue weighted by atomic mass is 16.6. The maximum Gasteiger partial charge on any atom is 0.269 e. The van der Waals surface area contributed by atoms with Crippen LogP contribution >= 0.6 is 0 Å². The van der Waals surface area contributed by atoms with Gasteiger partial charge in [-0.2, -0.15) is 0 Å². The van der Waals surface area contributed by atoms with Crippen LogP contribution in [0.25, 0.3) is 0 Å². The number of hydrogen-bond acceptors (Lipinski definition) is 6. The fourth-order valence-corrected chi connectivity index (χ4v) is 4.82. The number of carbonyl (C=O) groups is 2. The Morgan fingerprint density at radius 1 is 1.03 bits per heavy atom. The van der Waals surface area contributed by atoms with Crippen LogP contribution in [0.2, 0.25) is 0 Å². The van der Waals surface area contributed by atoms with Crippen LogP contribution in [0.15, 0.2) is 66.7 Å². The number of nitro benzene ring substituents is 1. The number of benzene rings is 3. The predicted molar refractivity (Wildman–Crippen MR) is 140 cm³/mol. The molecule has 1 unspecified atom stereocenters. The normalized spacial score (nSPS) is 16.6. The van der Waals surface area contributed by atoms with Crippen LogP contribution in [0.5, 0.6) is 0 Å². The molecule has 3 aromatic carbocycles. The lowest BCUT2D eigenvalue weighted by Crippen LogP contribution is -2.35. The van der Waals surface area contributed by atoms with Gasteiger partial charge in [0.15, 0.2) is 0 Å². The van der Waals surface area contributed by atoms with Crippen LogP contribution in [0.1, 0.15) is 44.7 Å². The van der Waals surface area contributed by atoms with Gasteiger partial charge in [-0.25, -0.2) is 0 Å². The lowest BCUT2D eigenvalue weighted by atomic mass is 9.98. The van der Waals surface area contributed by atoms with Crippen molar-refractivity contribution in [2.75, 3.05) is 29.9 Å². The summed E-state index contributed by atoms with van der Waals surface area (Å²) in [6.45, 7) is 2.61. The molecular weight excluding hydrogens is 472 g/mol. The van der Waals surface area contributed by atoms with Crippen LogP contribution in [-0.2, 0) is 17.7 Å². The standard InChI is InChI=1S/C28H28N4O5/c33-27(20-7-10-23(11-8-20)32(35)36)30-22-9-12-26(31-14-13-19-4-1-2-5-21(19)18-31)25(16-22)28(34)29-17-24-6-3-15-37-24/h1-2,4-5,7-12,16,24H,3,6,13-15,17-18H2,(H,29,34)(H,30,33). The molecule has 5 rings (SSSR count). The van der Waals surface area contributed by atoms with E-state index in [0.29, 0.717) is 30.9 Å². The molecule has 2 N–H and O–H groups in total. The Labute approximate surface area is 214 Å². The molecule has 2 amide bonds. The third-order valence-electron chi connectivity index (χ3n) is 6.82. The zero-order valence-corrected chi connectivity index (χ0v) is 20.3. The summed E-state index contributed by atoms with van der Waals surface area (Å²) in [4.78, 5) is 38.7. The van der Waals surface area contributed by atoms with Gasteiger partial charge in [0.2, 0.25) is 0 Å². The summed E-state index contributed by atoms with van der Waals surface area (Å²) >= 11 is 0.